The molecule has 0 aliphatic carbocycles. The Morgan fingerprint density at radius 3 is 2.44 bits per heavy atom. The van der Waals surface area contributed by atoms with Crippen molar-refractivity contribution in [3.63, 3.8) is 0 Å². The molecule has 0 aromatic heterocycles. The minimum Gasteiger partial charge on any atom is -0.469 e. The number of nitrogens with one attached hydrogen (secondary N) is 1. The first-order chi connectivity index (χ1) is 7.44. The lowest BCUT2D eigenvalue weighted by molar-refractivity contribution is -0.150. The average Bonchev–Trinajstić information content (AvgIpc) is 2.23. The van der Waals surface area contributed by atoms with Gasteiger partial charge in [-0.3, -0.25) is 9.59 Å². The van der Waals surface area contributed by atoms with E-state index in [1.807, 2.05) is 0 Å². The van der Waals surface area contributed by atoms with Gasteiger partial charge in [0.2, 0.25) is 0 Å². The van der Waals surface area contributed by atoms with E-state index in [0.29, 0.717) is 26.1 Å². The third kappa shape index (κ3) is 5.70. The van der Waals surface area contributed by atoms with Crippen molar-refractivity contribution in [3.05, 3.63) is 0 Å². The van der Waals surface area contributed by atoms with Crippen LogP contribution in [0.3, 0.4) is 0 Å². The maximum atomic E-state index is 11.3. The summed E-state index contributed by atoms with van der Waals surface area (Å²) < 4.78 is 9.43. The lowest BCUT2D eigenvalue weighted by Gasteiger charge is -2.21. The second-order valence-electron chi connectivity index (χ2n) is 4.11. The van der Waals surface area contributed by atoms with Crippen LogP contribution in [-0.2, 0) is 19.1 Å². The van der Waals surface area contributed by atoms with Crippen LogP contribution in [0.5, 0.6) is 0 Å². The first kappa shape index (κ1) is 14.9. The standard InChI is InChI=1S/C11H21NO4/c1-5-16-9(13)6-7-12-8-11(2,3)10(14)15-4/h12H,5-8H2,1-4H3. The zero-order valence-electron chi connectivity index (χ0n) is 10.5. The van der Waals surface area contributed by atoms with Gasteiger partial charge in [-0.2, -0.15) is 0 Å². The first-order valence-electron chi connectivity index (χ1n) is 5.38. The van der Waals surface area contributed by atoms with Crippen molar-refractivity contribution in [3.8, 4) is 0 Å². The Bertz CT molecular complexity index is 238. The molecule has 0 saturated carbocycles. The van der Waals surface area contributed by atoms with Gasteiger partial charge >= 0.3 is 11.9 Å². The zero-order chi connectivity index (χ0) is 12.6. The number of hydrogen-bond donors (Lipinski definition) is 1. The predicted octanol–water partition coefficient (Wildman–Crippen LogP) is 0.728. The molecule has 0 aromatic carbocycles. The molecule has 1 N–H and O–H groups in total. The summed E-state index contributed by atoms with van der Waals surface area (Å²) in [7, 11) is 1.36. The van der Waals surface area contributed by atoms with Crippen LogP contribution in [-0.4, -0.2) is 38.7 Å². The Balaban J connectivity index is 3.73. The van der Waals surface area contributed by atoms with Crippen molar-refractivity contribution in [1.82, 2.24) is 5.32 Å². The van der Waals surface area contributed by atoms with Crippen molar-refractivity contribution in [1.29, 1.82) is 0 Å². The van der Waals surface area contributed by atoms with Crippen LogP contribution in [0.15, 0.2) is 0 Å². The van der Waals surface area contributed by atoms with E-state index in [1.165, 1.54) is 7.11 Å². The fourth-order valence-electron chi connectivity index (χ4n) is 1.17. The molecule has 0 rings (SSSR count). The molecule has 5 heteroatoms. The first-order valence-corrected chi connectivity index (χ1v) is 5.38. The van der Waals surface area contributed by atoms with E-state index in [2.05, 4.69) is 10.1 Å². The molecule has 0 bridgehead atoms. The van der Waals surface area contributed by atoms with Crippen molar-refractivity contribution >= 4 is 11.9 Å². The highest BCUT2D eigenvalue weighted by molar-refractivity contribution is 5.76. The van der Waals surface area contributed by atoms with Gasteiger partial charge in [0.05, 0.1) is 25.6 Å². The van der Waals surface area contributed by atoms with Gasteiger partial charge in [0.15, 0.2) is 0 Å². The van der Waals surface area contributed by atoms with Gasteiger partial charge in [-0.25, -0.2) is 0 Å². The highest BCUT2D eigenvalue weighted by Gasteiger charge is 2.27. The summed E-state index contributed by atoms with van der Waals surface area (Å²) in [5.41, 5.74) is -0.580. The summed E-state index contributed by atoms with van der Waals surface area (Å²) in [6.45, 7) is 6.71. The van der Waals surface area contributed by atoms with E-state index in [-0.39, 0.29) is 11.9 Å². The molecule has 0 radical (unpaired) electrons. The molecule has 0 aliphatic heterocycles. The lowest BCUT2D eigenvalue weighted by Crippen LogP contribution is -2.37. The summed E-state index contributed by atoms with van der Waals surface area (Å²) in [5, 5.41) is 3.03. The van der Waals surface area contributed by atoms with Crippen LogP contribution < -0.4 is 5.32 Å². The maximum Gasteiger partial charge on any atom is 0.312 e. The smallest absolute Gasteiger partial charge is 0.312 e. The molecule has 0 aromatic rings. The van der Waals surface area contributed by atoms with Crippen LogP contribution >= 0.6 is 0 Å². The van der Waals surface area contributed by atoms with Crippen LogP contribution in [0.2, 0.25) is 0 Å². The number of ether oxygens (including phenoxy) is 2. The maximum absolute atomic E-state index is 11.3. The van der Waals surface area contributed by atoms with Gasteiger partial charge in [-0.05, 0) is 20.8 Å². The van der Waals surface area contributed by atoms with Crippen LogP contribution in [0.1, 0.15) is 27.2 Å². The normalized spacial score (nSPS) is 11.0. The Labute approximate surface area is 96.5 Å². The van der Waals surface area contributed by atoms with Gasteiger partial charge in [-0.1, -0.05) is 0 Å². The fraction of sp³-hybridized carbons (Fsp3) is 0.818. The molecule has 0 aliphatic rings. The Morgan fingerprint density at radius 1 is 1.31 bits per heavy atom. The number of carbonyl (C=O) groups excluding carboxylic acids is 2. The van der Waals surface area contributed by atoms with Crippen molar-refractivity contribution in [2.24, 2.45) is 5.41 Å². The Kier molecular flexibility index (Phi) is 6.72. The van der Waals surface area contributed by atoms with E-state index in [0.717, 1.165) is 0 Å². The van der Waals surface area contributed by atoms with E-state index >= 15 is 0 Å². The van der Waals surface area contributed by atoms with Crippen molar-refractivity contribution < 1.29 is 19.1 Å². The average molecular weight is 231 g/mol. The zero-order valence-corrected chi connectivity index (χ0v) is 10.5. The van der Waals surface area contributed by atoms with E-state index < -0.39 is 5.41 Å². The SMILES string of the molecule is CCOC(=O)CCNCC(C)(C)C(=O)OC. The highest BCUT2D eigenvalue weighted by atomic mass is 16.5. The molecule has 0 unspecified atom stereocenters. The second-order valence-corrected chi connectivity index (χ2v) is 4.11. The van der Waals surface area contributed by atoms with Gasteiger partial charge in [-0.15, -0.1) is 0 Å². The van der Waals surface area contributed by atoms with E-state index in [1.54, 1.807) is 20.8 Å². The van der Waals surface area contributed by atoms with E-state index in [9.17, 15) is 9.59 Å². The molecule has 0 heterocycles. The number of esters is 2. The number of hydrogen-bond acceptors (Lipinski definition) is 5. The van der Waals surface area contributed by atoms with Crippen molar-refractivity contribution in [2.45, 2.75) is 27.2 Å². The second kappa shape index (κ2) is 7.22. The third-order valence-corrected chi connectivity index (χ3v) is 2.12. The summed E-state index contributed by atoms with van der Waals surface area (Å²) >= 11 is 0. The van der Waals surface area contributed by atoms with Gasteiger partial charge in [0.25, 0.3) is 0 Å². The topological polar surface area (TPSA) is 64.6 Å². The molecular weight excluding hydrogens is 210 g/mol. The lowest BCUT2D eigenvalue weighted by atomic mass is 9.94. The monoisotopic (exact) mass is 231 g/mol. The van der Waals surface area contributed by atoms with Crippen LogP contribution in [0, 0.1) is 5.41 Å². The van der Waals surface area contributed by atoms with Crippen LogP contribution in [0.4, 0.5) is 0 Å². The molecule has 0 amide bonds. The minimum atomic E-state index is -0.580. The van der Waals surface area contributed by atoms with E-state index in [4.69, 9.17) is 4.74 Å². The predicted molar refractivity (Wildman–Crippen MR) is 59.9 cm³/mol. The van der Waals surface area contributed by atoms with Gasteiger partial charge in [0.1, 0.15) is 0 Å². The Morgan fingerprint density at radius 2 is 1.94 bits per heavy atom. The summed E-state index contributed by atoms with van der Waals surface area (Å²) in [6.07, 6.45) is 0.311. The molecule has 94 valence electrons. The quantitative estimate of drug-likeness (QED) is 0.517. The number of rotatable bonds is 7. The Hall–Kier alpha value is -1.10. The molecule has 0 spiro atoms. The van der Waals surface area contributed by atoms with Crippen molar-refractivity contribution in [2.75, 3.05) is 26.8 Å². The number of carbonyl (C=O) groups is 2. The number of methoxy groups -OCH3 is 1. The highest BCUT2D eigenvalue weighted by Crippen LogP contribution is 2.15. The molecular formula is C11H21NO4. The largest absolute Gasteiger partial charge is 0.469 e. The summed E-state index contributed by atoms with van der Waals surface area (Å²) in [4.78, 5) is 22.3. The molecule has 0 fully saturated rings. The van der Waals surface area contributed by atoms with Gasteiger partial charge < -0.3 is 14.8 Å². The third-order valence-electron chi connectivity index (χ3n) is 2.12. The van der Waals surface area contributed by atoms with Crippen LogP contribution in [0.25, 0.3) is 0 Å². The minimum absolute atomic E-state index is 0.231. The summed E-state index contributed by atoms with van der Waals surface area (Å²) in [6, 6.07) is 0. The summed E-state index contributed by atoms with van der Waals surface area (Å²) in [5.74, 6) is -0.498. The molecule has 16 heavy (non-hydrogen) atoms. The molecule has 0 saturated heterocycles. The molecule has 5 nitrogen and oxygen atoms in total. The van der Waals surface area contributed by atoms with Gasteiger partial charge in [0, 0.05) is 13.1 Å². The fourth-order valence-corrected chi connectivity index (χ4v) is 1.17. The molecule has 0 atom stereocenters.